The number of benzene rings is 1. The van der Waals surface area contributed by atoms with Crippen molar-refractivity contribution in [3.8, 4) is 0 Å². The average molecular weight is 272 g/mol. The van der Waals surface area contributed by atoms with Crippen molar-refractivity contribution in [3.05, 3.63) is 47.3 Å². The molecule has 0 unspecified atom stereocenters. The molecule has 0 aliphatic carbocycles. The van der Waals surface area contributed by atoms with E-state index in [-0.39, 0.29) is 5.54 Å². The van der Waals surface area contributed by atoms with Crippen LogP contribution in [0.25, 0.3) is 0 Å². The van der Waals surface area contributed by atoms with Gasteiger partial charge in [-0.05, 0) is 51.8 Å². The fourth-order valence-corrected chi connectivity index (χ4v) is 2.04. The summed E-state index contributed by atoms with van der Waals surface area (Å²) in [6.07, 6.45) is 3.06. The van der Waals surface area contributed by atoms with Crippen LogP contribution in [0.3, 0.4) is 0 Å². The van der Waals surface area contributed by atoms with Crippen LogP contribution in [-0.2, 0) is 18.5 Å². The Morgan fingerprint density at radius 3 is 2.60 bits per heavy atom. The fourth-order valence-electron chi connectivity index (χ4n) is 2.04. The summed E-state index contributed by atoms with van der Waals surface area (Å²) < 4.78 is 1.91. The van der Waals surface area contributed by atoms with Crippen molar-refractivity contribution in [2.45, 2.75) is 46.2 Å². The van der Waals surface area contributed by atoms with E-state index in [1.54, 1.807) is 0 Å². The summed E-state index contributed by atoms with van der Waals surface area (Å²) in [5, 5.41) is 11.8. The molecule has 0 atom stereocenters. The first-order valence-electron chi connectivity index (χ1n) is 7.14. The van der Waals surface area contributed by atoms with Gasteiger partial charge in [0.25, 0.3) is 0 Å². The third kappa shape index (κ3) is 3.90. The molecule has 0 aliphatic heterocycles. The summed E-state index contributed by atoms with van der Waals surface area (Å²) in [7, 11) is 0. The molecule has 4 heteroatoms. The smallest absolute Gasteiger partial charge is 0.0965 e. The molecular weight excluding hydrogens is 248 g/mol. The second-order valence-corrected chi connectivity index (χ2v) is 6.18. The molecule has 0 saturated heterocycles. The fraction of sp³-hybridized carbons (Fsp3) is 0.500. The van der Waals surface area contributed by atoms with Crippen LogP contribution in [0.2, 0.25) is 0 Å². The molecule has 0 aliphatic rings. The number of hydrogen-bond donors (Lipinski definition) is 1. The highest BCUT2D eigenvalue weighted by atomic mass is 15.4. The number of hydrogen-bond acceptors (Lipinski definition) is 3. The number of aryl methyl sites for hydroxylation is 1. The van der Waals surface area contributed by atoms with Crippen molar-refractivity contribution in [3.63, 3.8) is 0 Å². The van der Waals surface area contributed by atoms with Crippen molar-refractivity contribution < 1.29 is 0 Å². The highest BCUT2D eigenvalue weighted by molar-refractivity contribution is 5.25. The molecule has 4 nitrogen and oxygen atoms in total. The zero-order valence-corrected chi connectivity index (χ0v) is 12.8. The van der Waals surface area contributed by atoms with Crippen LogP contribution >= 0.6 is 0 Å². The molecule has 0 spiro atoms. The molecule has 0 fully saturated rings. The highest BCUT2D eigenvalue weighted by Gasteiger charge is 2.14. The first kappa shape index (κ1) is 14.7. The number of nitrogens with zero attached hydrogens (tertiary/aromatic N) is 3. The van der Waals surface area contributed by atoms with E-state index in [2.05, 4.69) is 67.6 Å². The van der Waals surface area contributed by atoms with Gasteiger partial charge in [0.15, 0.2) is 0 Å². The largest absolute Gasteiger partial charge is 0.311 e. The van der Waals surface area contributed by atoms with E-state index in [0.29, 0.717) is 0 Å². The molecule has 1 N–H and O–H groups in total. The zero-order valence-electron chi connectivity index (χ0n) is 12.8. The van der Waals surface area contributed by atoms with Crippen molar-refractivity contribution in [1.82, 2.24) is 20.3 Å². The molecule has 2 rings (SSSR count). The summed E-state index contributed by atoms with van der Waals surface area (Å²) in [5.41, 5.74) is 3.74. The Labute approximate surface area is 121 Å². The van der Waals surface area contributed by atoms with E-state index in [1.807, 2.05) is 10.9 Å². The second kappa shape index (κ2) is 6.18. The Balaban J connectivity index is 1.79. The lowest BCUT2D eigenvalue weighted by atomic mass is 10.1. The van der Waals surface area contributed by atoms with Gasteiger partial charge >= 0.3 is 0 Å². The summed E-state index contributed by atoms with van der Waals surface area (Å²) in [5.74, 6) is 0. The van der Waals surface area contributed by atoms with Gasteiger partial charge < -0.3 is 5.32 Å². The van der Waals surface area contributed by atoms with E-state index in [1.165, 1.54) is 11.1 Å². The molecule has 0 saturated carbocycles. The van der Waals surface area contributed by atoms with Gasteiger partial charge in [0.2, 0.25) is 0 Å². The van der Waals surface area contributed by atoms with Crippen molar-refractivity contribution >= 4 is 0 Å². The SMILES string of the molecule is Cc1ccccc1CCNCc1cn(C(C)(C)C)nn1. The van der Waals surface area contributed by atoms with E-state index in [4.69, 9.17) is 0 Å². The number of nitrogens with one attached hydrogen (secondary N) is 1. The van der Waals surface area contributed by atoms with Crippen LogP contribution in [-0.4, -0.2) is 21.5 Å². The van der Waals surface area contributed by atoms with Crippen LogP contribution in [0, 0.1) is 6.92 Å². The van der Waals surface area contributed by atoms with E-state index < -0.39 is 0 Å². The van der Waals surface area contributed by atoms with Crippen molar-refractivity contribution in [2.24, 2.45) is 0 Å². The second-order valence-electron chi connectivity index (χ2n) is 6.18. The van der Waals surface area contributed by atoms with Crippen LogP contribution in [0.15, 0.2) is 30.5 Å². The lowest BCUT2D eigenvalue weighted by molar-refractivity contribution is 0.347. The molecule has 0 radical (unpaired) electrons. The molecule has 108 valence electrons. The predicted molar refractivity (Wildman–Crippen MR) is 81.6 cm³/mol. The van der Waals surface area contributed by atoms with Gasteiger partial charge in [-0.2, -0.15) is 0 Å². The lowest BCUT2D eigenvalue weighted by Gasteiger charge is -2.17. The van der Waals surface area contributed by atoms with Gasteiger partial charge in [0, 0.05) is 6.54 Å². The third-order valence-electron chi connectivity index (χ3n) is 3.37. The molecule has 1 aromatic carbocycles. The van der Waals surface area contributed by atoms with Gasteiger partial charge in [0.1, 0.15) is 0 Å². The minimum absolute atomic E-state index is 0.00754. The quantitative estimate of drug-likeness (QED) is 0.851. The molecule has 1 aromatic heterocycles. The Morgan fingerprint density at radius 2 is 1.95 bits per heavy atom. The minimum Gasteiger partial charge on any atom is -0.311 e. The third-order valence-corrected chi connectivity index (χ3v) is 3.37. The van der Waals surface area contributed by atoms with Gasteiger partial charge in [-0.15, -0.1) is 5.10 Å². The van der Waals surface area contributed by atoms with Crippen LogP contribution in [0.1, 0.15) is 37.6 Å². The maximum absolute atomic E-state index is 4.20. The Kier molecular flexibility index (Phi) is 4.55. The number of aromatic nitrogens is 3. The maximum atomic E-state index is 4.20. The van der Waals surface area contributed by atoms with Crippen molar-refractivity contribution in [2.75, 3.05) is 6.54 Å². The van der Waals surface area contributed by atoms with Crippen molar-refractivity contribution in [1.29, 1.82) is 0 Å². The number of rotatable bonds is 5. The van der Waals surface area contributed by atoms with E-state index in [0.717, 1.165) is 25.2 Å². The molecule has 2 aromatic rings. The van der Waals surface area contributed by atoms with Crippen LogP contribution in [0.4, 0.5) is 0 Å². The topological polar surface area (TPSA) is 42.7 Å². The summed E-state index contributed by atoms with van der Waals surface area (Å²) >= 11 is 0. The molecule has 0 bridgehead atoms. The monoisotopic (exact) mass is 272 g/mol. The minimum atomic E-state index is -0.00754. The summed E-state index contributed by atoms with van der Waals surface area (Å²) in [4.78, 5) is 0. The Bertz CT molecular complexity index is 552. The highest BCUT2D eigenvalue weighted by Crippen LogP contribution is 2.11. The molecule has 20 heavy (non-hydrogen) atoms. The van der Waals surface area contributed by atoms with Gasteiger partial charge in [-0.25, -0.2) is 4.68 Å². The van der Waals surface area contributed by atoms with Crippen LogP contribution in [0.5, 0.6) is 0 Å². The van der Waals surface area contributed by atoms with Gasteiger partial charge in [-0.3, -0.25) is 0 Å². The van der Waals surface area contributed by atoms with E-state index >= 15 is 0 Å². The standard InChI is InChI=1S/C16H24N4/c1-13-7-5-6-8-14(13)9-10-17-11-15-12-20(19-18-15)16(2,3)4/h5-8,12,17H,9-11H2,1-4H3. The Morgan fingerprint density at radius 1 is 1.20 bits per heavy atom. The summed E-state index contributed by atoms with van der Waals surface area (Å²) in [6.45, 7) is 10.2. The van der Waals surface area contributed by atoms with E-state index in [9.17, 15) is 0 Å². The molecule has 1 heterocycles. The first-order chi connectivity index (χ1) is 9.47. The molecular formula is C16H24N4. The average Bonchev–Trinajstić information content (AvgIpc) is 2.85. The Hall–Kier alpha value is -1.68. The normalized spacial score (nSPS) is 11.8. The van der Waals surface area contributed by atoms with Gasteiger partial charge in [-0.1, -0.05) is 29.5 Å². The molecule has 0 amide bonds. The zero-order chi connectivity index (χ0) is 14.6. The lowest BCUT2D eigenvalue weighted by Crippen LogP contribution is -2.22. The van der Waals surface area contributed by atoms with Gasteiger partial charge in [0.05, 0.1) is 17.4 Å². The first-order valence-corrected chi connectivity index (χ1v) is 7.14. The van der Waals surface area contributed by atoms with Crippen LogP contribution < -0.4 is 5.32 Å². The maximum Gasteiger partial charge on any atom is 0.0965 e. The predicted octanol–water partition coefficient (Wildman–Crippen LogP) is 2.67. The summed E-state index contributed by atoms with van der Waals surface area (Å²) in [6, 6.07) is 8.52.